The molecule has 0 saturated heterocycles. The lowest BCUT2D eigenvalue weighted by molar-refractivity contribution is -0.218. The number of hydrogen-bond donors (Lipinski definition) is 2. The van der Waals surface area contributed by atoms with Crippen LogP contribution in [-0.2, 0) is 14.2 Å². The summed E-state index contributed by atoms with van der Waals surface area (Å²) in [5.41, 5.74) is 11.3. The fraction of sp³-hybridized carbons (Fsp3) is 1.00. The third-order valence-electron chi connectivity index (χ3n) is 2.04. The van der Waals surface area contributed by atoms with Crippen molar-refractivity contribution >= 4 is 0 Å². The van der Waals surface area contributed by atoms with Crippen LogP contribution in [0.3, 0.4) is 0 Å². The predicted molar refractivity (Wildman–Crippen MR) is 50.3 cm³/mol. The second-order valence-electron chi connectivity index (χ2n) is 2.69. The molecule has 1 unspecified atom stereocenters. The molecule has 0 aromatic heterocycles. The zero-order valence-electron chi connectivity index (χ0n) is 8.58. The molecule has 80 valence electrons. The summed E-state index contributed by atoms with van der Waals surface area (Å²) < 4.78 is 15.5. The van der Waals surface area contributed by atoms with E-state index >= 15 is 0 Å². The SMILES string of the molecule is CCOCC(N)C(CN)(OC)OC. The van der Waals surface area contributed by atoms with Crippen LogP contribution >= 0.6 is 0 Å². The fourth-order valence-electron chi connectivity index (χ4n) is 1.08. The molecule has 0 aromatic rings. The maximum Gasteiger partial charge on any atom is 0.197 e. The third kappa shape index (κ3) is 3.21. The number of methoxy groups -OCH3 is 2. The van der Waals surface area contributed by atoms with E-state index in [1.54, 1.807) is 0 Å². The molecule has 0 amide bonds. The van der Waals surface area contributed by atoms with E-state index in [-0.39, 0.29) is 12.6 Å². The molecule has 5 nitrogen and oxygen atoms in total. The Bertz CT molecular complexity index is 120. The first-order valence-corrected chi connectivity index (χ1v) is 4.30. The summed E-state index contributed by atoms with van der Waals surface area (Å²) in [6.07, 6.45) is 0. The highest BCUT2D eigenvalue weighted by molar-refractivity contribution is 4.83. The maximum atomic E-state index is 5.82. The van der Waals surface area contributed by atoms with Crippen LogP contribution in [0.1, 0.15) is 6.92 Å². The van der Waals surface area contributed by atoms with Gasteiger partial charge in [0.25, 0.3) is 0 Å². The van der Waals surface area contributed by atoms with Crippen LogP contribution < -0.4 is 11.5 Å². The summed E-state index contributed by atoms with van der Waals surface area (Å²) in [4.78, 5) is 0. The van der Waals surface area contributed by atoms with Crippen molar-refractivity contribution in [2.24, 2.45) is 11.5 Å². The van der Waals surface area contributed by atoms with Gasteiger partial charge in [-0.2, -0.15) is 0 Å². The summed E-state index contributed by atoms with van der Waals surface area (Å²) in [7, 11) is 3.03. The van der Waals surface area contributed by atoms with Gasteiger partial charge in [0.1, 0.15) is 0 Å². The molecule has 13 heavy (non-hydrogen) atoms. The van der Waals surface area contributed by atoms with Gasteiger partial charge in [-0.05, 0) is 6.92 Å². The average molecular weight is 192 g/mol. The van der Waals surface area contributed by atoms with Gasteiger partial charge in [0.05, 0.1) is 12.6 Å². The lowest BCUT2D eigenvalue weighted by atomic mass is 10.1. The highest BCUT2D eigenvalue weighted by atomic mass is 16.7. The highest BCUT2D eigenvalue weighted by Crippen LogP contribution is 2.13. The summed E-state index contributed by atoms with van der Waals surface area (Å²) in [5, 5.41) is 0. The van der Waals surface area contributed by atoms with Crippen LogP contribution in [0, 0.1) is 0 Å². The molecule has 0 bridgehead atoms. The van der Waals surface area contributed by atoms with Crippen LogP contribution in [-0.4, -0.2) is 45.8 Å². The van der Waals surface area contributed by atoms with Crippen molar-refractivity contribution in [1.29, 1.82) is 0 Å². The zero-order chi connectivity index (χ0) is 10.3. The molecule has 0 aliphatic rings. The van der Waals surface area contributed by atoms with E-state index in [1.165, 1.54) is 14.2 Å². The van der Waals surface area contributed by atoms with Crippen molar-refractivity contribution < 1.29 is 14.2 Å². The van der Waals surface area contributed by atoms with Crippen molar-refractivity contribution in [2.45, 2.75) is 18.8 Å². The summed E-state index contributed by atoms with van der Waals surface area (Å²) in [6.45, 7) is 3.09. The molecule has 0 spiro atoms. The van der Waals surface area contributed by atoms with Gasteiger partial charge in [0, 0.05) is 27.4 Å². The quantitative estimate of drug-likeness (QED) is 0.521. The van der Waals surface area contributed by atoms with E-state index in [4.69, 9.17) is 25.7 Å². The largest absolute Gasteiger partial charge is 0.380 e. The molecule has 1 atom stereocenters. The first-order valence-electron chi connectivity index (χ1n) is 4.30. The minimum Gasteiger partial charge on any atom is -0.380 e. The molecule has 5 heteroatoms. The van der Waals surface area contributed by atoms with Crippen LogP contribution in [0.4, 0.5) is 0 Å². The Hall–Kier alpha value is -0.200. The molecule has 0 rings (SSSR count). The van der Waals surface area contributed by atoms with Crippen molar-refractivity contribution in [3.8, 4) is 0 Å². The lowest BCUT2D eigenvalue weighted by Crippen LogP contribution is -2.58. The van der Waals surface area contributed by atoms with Gasteiger partial charge in [-0.3, -0.25) is 0 Å². The van der Waals surface area contributed by atoms with Crippen molar-refractivity contribution in [3.63, 3.8) is 0 Å². The normalized spacial score (nSPS) is 14.5. The second kappa shape index (κ2) is 6.28. The van der Waals surface area contributed by atoms with E-state index in [0.717, 1.165) is 0 Å². The van der Waals surface area contributed by atoms with Gasteiger partial charge >= 0.3 is 0 Å². The van der Waals surface area contributed by atoms with Gasteiger partial charge in [0.15, 0.2) is 5.79 Å². The minimum atomic E-state index is -0.935. The molecular formula is C8H20N2O3. The number of nitrogens with two attached hydrogens (primary N) is 2. The standard InChI is InChI=1S/C8H20N2O3/c1-4-13-5-7(10)8(6-9,11-2)12-3/h7H,4-6,9-10H2,1-3H3. The Balaban J connectivity index is 4.17. The van der Waals surface area contributed by atoms with Gasteiger partial charge < -0.3 is 25.7 Å². The van der Waals surface area contributed by atoms with Crippen LogP contribution in [0.2, 0.25) is 0 Å². The van der Waals surface area contributed by atoms with E-state index in [2.05, 4.69) is 0 Å². The Morgan fingerprint density at radius 1 is 1.31 bits per heavy atom. The van der Waals surface area contributed by atoms with Crippen LogP contribution in [0.15, 0.2) is 0 Å². The summed E-state index contributed by atoms with van der Waals surface area (Å²) >= 11 is 0. The van der Waals surface area contributed by atoms with E-state index in [9.17, 15) is 0 Å². The molecule has 0 aliphatic carbocycles. The van der Waals surface area contributed by atoms with Gasteiger partial charge in [-0.15, -0.1) is 0 Å². The fourth-order valence-corrected chi connectivity index (χ4v) is 1.08. The van der Waals surface area contributed by atoms with Crippen molar-refractivity contribution in [1.82, 2.24) is 0 Å². The van der Waals surface area contributed by atoms with Crippen molar-refractivity contribution in [3.05, 3.63) is 0 Å². The Morgan fingerprint density at radius 3 is 2.15 bits per heavy atom. The first-order chi connectivity index (χ1) is 6.16. The Labute approximate surface area is 79.3 Å². The van der Waals surface area contributed by atoms with Crippen LogP contribution in [0.25, 0.3) is 0 Å². The average Bonchev–Trinajstić information content (AvgIpc) is 2.18. The molecule has 0 aromatic carbocycles. The summed E-state index contributed by atoms with van der Waals surface area (Å²) in [5.74, 6) is -0.935. The van der Waals surface area contributed by atoms with E-state index in [0.29, 0.717) is 13.2 Å². The highest BCUT2D eigenvalue weighted by Gasteiger charge is 2.35. The molecular weight excluding hydrogens is 172 g/mol. The van der Waals surface area contributed by atoms with E-state index < -0.39 is 5.79 Å². The molecule has 0 fully saturated rings. The molecule has 0 aliphatic heterocycles. The number of ether oxygens (including phenoxy) is 3. The Kier molecular flexibility index (Phi) is 6.19. The van der Waals surface area contributed by atoms with Crippen molar-refractivity contribution in [2.75, 3.05) is 34.0 Å². The molecule has 0 saturated carbocycles. The lowest BCUT2D eigenvalue weighted by Gasteiger charge is -2.34. The number of hydrogen-bond acceptors (Lipinski definition) is 5. The van der Waals surface area contributed by atoms with E-state index in [1.807, 2.05) is 6.92 Å². The zero-order valence-corrected chi connectivity index (χ0v) is 8.58. The summed E-state index contributed by atoms with van der Waals surface area (Å²) in [6, 6.07) is -0.382. The monoisotopic (exact) mass is 192 g/mol. The first kappa shape index (κ1) is 12.8. The smallest absolute Gasteiger partial charge is 0.197 e. The third-order valence-corrected chi connectivity index (χ3v) is 2.04. The number of rotatable bonds is 7. The Morgan fingerprint density at radius 2 is 1.85 bits per heavy atom. The maximum absolute atomic E-state index is 5.82. The molecule has 4 N–H and O–H groups in total. The van der Waals surface area contributed by atoms with Gasteiger partial charge in [0.2, 0.25) is 0 Å². The van der Waals surface area contributed by atoms with Crippen LogP contribution in [0.5, 0.6) is 0 Å². The van der Waals surface area contributed by atoms with Gasteiger partial charge in [-0.1, -0.05) is 0 Å². The predicted octanol–water partition coefficient (Wildman–Crippen LogP) is -0.702. The molecule has 0 radical (unpaired) electrons. The van der Waals surface area contributed by atoms with Gasteiger partial charge in [-0.25, -0.2) is 0 Å². The second-order valence-corrected chi connectivity index (χ2v) is 2.69. The topological polar surface area (TPSA) is 79.7 Å². The molecule has 0 heterocycles. The minimum absolute atomic E-state index is 0.203.